The molecule has 12 heteroatoms. The molecule has 6 unspecified atom stereocenters. The largest absolute Gasteiger partial charge is 0.479 e. The van der Waals surface area contributed by atoms with Crippen LogP contribution in [0.25, 0.3) is 0 Å². The summed E-state index contributed by atoms with van der Waals surface area (Å²) in [4.78, 5) is 51.2. The number of carbonyl (C=O) groups is 4. The summed E-state index contributed by atoms with van der Waals surface area (Å²) in [6, 6.07) is 0. The van der Waals surface area contributed by atoms with Crippen molar-refractivity contribution in [3.63, 3.8) is 0 Å². The lowest BCUT2D eigenvalue weighted by molar-refractivity contribution is -0.301. The van der Waals surface area contributed by atoms with Gasteiger partial charge in [-0.2, -0.15) is 0 Å². The Bertz CT molecular complexity index is 1520. The molecule has 77 heavy (non-hydrogen) atoms. The Labute approximate surface area is 469 Å². The molecule has 0 aromatic heterocycles. The first kappa shape index (κ1) is 71.7. The standard InChI is InChI=1S/C65H114O12/c1-4-7-10-13-16-19-22-24-26-28-29-31-32-34-37-39-42-45-48-51-57(66)73-54-56(75-58(67)52-49-46-43-40-36-21-18-15-12-9-6-3)55-74-65-63(61(70)60(69)62(77-65)64(71)72)76-59(68)53-50-47-44-41-38-35-33-30-27-25-23-20-17-14-11-8-5-2/h16,19,24-27,29,31,56,60-63,65,69-70H,4-15,17-18,20-23,28,30,32-55H2,1-3H3,(H,71,72)/b19-16-,26-24-,27-25-,31-29-. The number of carboxylic acids is 1. The molecule has 0 spiro atoms. The van der Waals surface area contributed by atoms with E-state index in [1.165, 1.54) is 128 Å². The van der Waals surface area contributed by atoms with Crippen LogP contribution in [0.3, 0.4) is 0 Å². The maximum absolute atomic E-state index is 13.1. The zero-order valence-electron chi connectivity index (χ0n) is 49.2. The minimum absolute atomic E-state index is 0.0564. The lowest BCUT2D eigenvalue weighted by atomic mass is 9.98. The fraction of sp³-hybridized carbons (Fsp3) is 0.815. The van der Waals surface area contributed by atoms with Crippen molar-refractivity contribution < 1.29 is 58.2 Å². The highest BCUT2D eigenvalue weighted by Gasteiger charge is 2.50. The van der Waals surface area contributed by atoms with Crippen LogP contribution in [0.4, 0.5) is 0 Å². The lowest BCUT2D eigenvalue weighted by Crippen LogP contribution is -2.61. The zero-order chi connectivity index (χ0) is 56.1. The Hall–Kier alpha value is -3.32. The predicted octanol–water partition coefficient (Wildman–Crippen LogP) is 16.6. The van der Waals surface area contributed by atoms with E-state index in [0.717, 1.165) is 103 Å². The number of ether oxygens (including phenoxy) is 5. The Morgan fingerprint density at radius 3 is 1.22 bits per heavy atom. The van der Waals surface area contributed by atoms with Crippen LogP contribution in [0.2, 0.25) is 0 Å². The van der Waals surface area contributed by atoms with Gasteiger partial charge in [-0.25, -0.2) is 4.79 Å². The van der Waals surface area contributed by atoms with Gasteiger partial charge in [-0.3, -0.25) is 14.4 Å². The topological polar surface area (TPSA) is 175 Å². The van der Waals surface area contributed by atoms with Gasteiger partial charge in [-0.1, -0.05) is 236 Å². The van der Waals surface area contributed by atoms with E-state index < -0.39 is 67.3 Å². The molecule has 0 aromatic carbocycles. The number of aliphatic hydroxyl groups excluding tert-OH is 2. The Balaban J connectivity index is 2.64. The van der Waals surface area contributed by atoms with Crippen LogP contribution in [0, 0.1) is 0 Å². The van der Waals surface area contributed by atoms with Gasteiger partial charge in [0.25, 0.3) is 0 Å². The average Bonchev–Trinajstić information content (AvgIpc) is 3.41. The number of aliphatic hydroxyl groups is 2. The van der Waals surface area contributed by atoms with E-state index in [4.69, 9.17) is 23.7 Å². The fourth-order valence-corrected chi connectivity index (χ4v) is 9.49. The van der Waals surface area contributed by atoms with E-state index >= 15 is 0 Å². The molecule has 1 heterocycles. The highest BCUT2D eigenvalue weighted by molar-refractivity contribution is 5.74. The molecule has 12 nitrogen and oxygen atoms in total. The number of carboxylic acid groups (broad SMARTS) is 1. The van der Waals surface area contributed by atoms with Crippen molar-refractivity contribution in [1.82, 2.24) is 0 Å². The molecule has 1 fully saturated rings. The van der Waals surface area contributed by atoms with Gasteiger partial charge < -0.3 is 39.0 Å². The lowest BCUT2D eigenvalue weighted by Gasteiger charge is -2.40. The number of allylic oxidation sites excluding steroid dienone is 8. The predicted molar refractivity (Wildman–Crippen MR) is 312 cm³/mol. The molecule has 0 bridgehead atoms. The third-order valence-electron chi connectivity index (χ3n) is 14.4. The summed E-state index contributed by atoms with van der Waals surface area (Å²) in [7, 11) is 0. The second-order valence-corrected chi connectivity index (χ2v) is 21.7. The molecule has 446 valence electrons. The Kier molecular flexibility index (Phi) is 49.7. The molecule has 1 aliphatic heterocycles. The summed E-state index contributed by atoms with van der Waals surface area (Å²) in [5, 5.41) is 31.5. The SMILES string of the molecule is CCCCC/C=C\C/C=C\C/C=C\CCCCCCCCC(=O)OCC(COC1OC(C(=O)O)C(O)C(O)C1OC(=O)CCCCCCCCC/C=C\CCCCCCCC)OC(=O)CCCCCCCCCCCCC. The number of hydrogen-bond acceptors (Lipinski definition) is 11. The number of carbonyl (C=O) groups excluding carboxylic acids is 3. The van der Waals surface area contributed by atoms with E-state index in [-0.39, 0.29) is 25.9 Å². The van der Waals surface area contributed by atoms with Crippen LogP contribution in [0.15, 0.2) is 48.6 Å². The molecule has 1 rings (SSSR count). The number of hydrogen-bond donors (Lipinski definition) is 3. The quantitative estimate of drug-likeness (QED) is 0.0228. The van der Waals surface area contributed by atoms with Gasteiger partial charge in [-0.15, -0.1) is 0 Å². The van der Waals surface area contributed by atoms with Crippen molar-refractivity contribution in [3.8, 4) is 0 Å². The van der Waals surface area contributed by atoms with Crippen LogP contribution >= 0.6 is 0 Å². The minimum Gasteiger partial charge on any atom is -0.479 e. The van der Waals surface area contributed by atoms with Crippen molar-refractivity contribution in [2.24, 2.45) is 0 Å². The van der Waals surface area contributed by atoms with Crippen molar-refractivity contribution in [1.29, 1.82) is 0 Å². The molecule has 0 radical (unpaired) electrons. The summed E-state index contributed by atoms with van der Waals surface area (Å²) in [6.07, 6.45) is 52.1. The molecular weight excluding hydrogens is 973 g/mol. The minimum atomic E-state index is -1.90. The van der Waals surface area contributed by atoms with Crippen molar-refractivity contribution in [3.05, 3.63) is 48.6 Å². The molecule has 0 aliphatic carbocycles. The molecule has 1 aliphatic rings. The summed E-state index contributed by atoms with van der Waals surface area (Å²) in [6.45, 7) is 5.97. The van der Waals surface area contributed by atoms with Crippen LogP contribution in [-0.4, -0.2) is 89.2 Å². The smallest absolute Gasteiger partial charge is 0.335 e. The van der Waals surface area contributed by atoms with Crippen molar-refractivity contribution >= 4 is 23.9 Å². The van der Waals surface area contributed by atoms with Gasteiger partial charge in [0.2, 0.25) is 0 Å². The van der Waals surface area contributed by atoms with Gasteiger partial charge in [0, 0.05) is 19.3 Å². The van der Waals surface area contributed by atoms with E-state index in [9.17, 15) is 34.5 Å². The highest BCUT2D eigenvalue weighted by Crippen LogP contribution is 2.27. The Morgan fingerprint density at radius 1 is 0.429 bits per heavy atom. The molecule has 0 amide bonds. The van der Waals surface area contributed by atoms with Crippen molar-refractivity contribution in [2.45, 2.75) is 327 Å². The number of rotatable bonds is 54. The third kappa shape index (κ3) is 43.2. The summed E-state index contributed by atoms with van der Waals surface area (Å²) < 4.78 is 28.5. The molecule has 0 aromatic rings. The van der Waals surface area contributed by atoms with Gasteiger partial charge in [0.05, 0.1) is 6.61 Å². The fourth-order valence-electron chi connectivity index (χ4n) is 9.49. The van der Waals surface area contributed by atoms with E-state index in [1.54, 1.807) is 0 Å². The van der Waals surface area contributed by atoms with Gasteiger partial charge in [0.15, 0.2) is 24.6 Å². The summed E-state index contributed by atoms with van der Waals surface area (Å²) in [5.74, 6) is -3.12. The first-order valence-corrected chi connectivity index (χ1v) is 31.6. The summed E-state index contributed by atoms with van der Waals surface area (Å²) >= 11 is 0. The monoisotopic (exact) mass is 1090 g/mol. The average molecular weight is 1090 g/mol. The summed E-state index contributed by atoms with van der Waals surface area (Å²) in [5.41, 5.74) is 0. The van der Waals surface area contributed by atoms with Crippen LogP contribution in [0.1, 0.15) is 290 Å². The second kappa shape index (κ2) is 53.3. The number of esters is 3. The first-order valence-electron chi connectivity index (χ1n) is 31.6. The maximum Gasteiger partial charge on any atom is 0.335 e. The first-order chi connectivity index (χ1) is 37.6. The second-order valence-electron chi connectivity index (χ2n) is 21.7. The molecule has 1 saturated heterocycles. The van der Waals surface area contributed by atoms with Gasteiger partial charge in [-0.05, 0) is 83.5 Å². The molecule has 0 saturated carbocycles. The van der Waals surface area contributed by atoms with E-state index in [2.05, 4.69) is 69.4 Å². The normalized spacial score (nSPS) is 18.3. The Morgan fingerprint density at radius 2 is 0.779 bits per heavy atom. The van der Waals surface area contributed by atoms with Crippen molar-refractivity contribution in [2.75, 3.05) is 13.2 Å². The zero-order valence-corrected chi connectivity index (χ0v) is 49.2. The van der Waals surface area contributed by atoms with E-state index in [0.29, 0.717) is 19.3 Å². The van der Waals surface area contributed by atoms with E-state index in [1.807, 2.05) is 0 Å². The highest BCUT2D eigenvalue weighted by atomic mass is 16.7. The number of unbranched alkanes of at least 4 members (excludes halogenated alkanes) is 32. The number of aliphatic carboxylic acids is 1. The van der Waals surface area contributed by atoms with Gasteiger partial charge in [0.1, 0.15) is 18.8 Å². The van der Waals surface area contributed by atoms with Crippen LogP contribution < -0.4 is 0 Å². The molecular formula is C65H114O12. The van der Waals surface area contributed by atoms with Crippen LogP contribution in [-0.2, 0) is 42.9 Å². The third-order valence-corrected chi connectivity index (χ3v) is 14.4. The van der Waals surface area contributed by atoms with Crippen LogP contribution in [0.5, 0.6) is 0 Å². The van der Waals surface area contributed by atoms with Gasteiger partial charge >= 0.3 is 23.9 Å². The molecule has 3 N–H and O–H groups in total. The maximum atomic E-state index is 13.1. The molecule has 6 atom stereocenters.